The molecule has 4 fully saturated rings. The number of anilines is 1. The number of aromatic nitrogens is 1. The number of hydrogen-bond donors (Lipinski definition) is 3. The molecule has 0 atom stereocenters. The number of carbonyl (C=O) groups excluding carboxylic acids is 3. The van der Waals surface area contributed by atoms with Gasteiger partial charge in [-0.25, -0.2) is 4.98 Å². The van der Waals surface area contributed by atoms with Crippen LogP contribution in [0.25, 0.3) is 0 Å². The zero-order chi connectivity index (χ0) is 20.4. The molecular formula is C22H30N4O3. The molecule has 3 amide bonds. The molecule has 29 heavy (non-hydrogen) atoms. The third-order valence-electron chi connectivity index (χ3n) is 6.77. The van der Waals surface area contributed by atoms with Crippen molar-refractivity contribution in [2.45, 2.75) is 58.4 Å². The average Bonchev–Trinajstić information content (AvgIpc) is 2.64. The molecule has 5 rings (SSSR count). The SMILES string of the molecule is CC(=O)Nc1ccc(CNC(=O)CNC(=O)CC23CC4CC(CC(C4)C2)C3)cn1. The van der Waals surface area contributed by atoms with Crippen molar-refractivity contribution in [3.8, 4) is 0 Å². The molecule has 0 saturated heterocycles. The van der Waals surface area contributed by atoms with Gasteiger partial charge in [0.15, 0.2) is 0 Å². The summed E-state index contributed by atoms with van der Waals surface area (Å²) in [5.74, 6) is 2.56. The van der Waals surface area contributed by atoms with Gasteiger partial charge in [-0.05, 0) is 73.3 Å². The number of carbonyl (C=O) groups is 3. The van der Waals surface area contributed by atoms with Gasteiger partial charge in [0.25, 0.3) is 0 Å². The first-order chi connectivity index (χ1) is 13.9. The van der Waals surface area contributed by atoms with E-state index in [1.165, 1.54) is 45.4 Å². The Hall–Kier alpha value is -2.44. The van der Waals surface area contributed by atoms with Crippen LogP contribution in [0.2, 0.25) is 0 Å². The van der Waals surface area contributed by atoms with Gasteiger partial charge in [-0.1, -0.05) is 6.07 Å². The van der Waals surface area contributed by atoms with Crippen molar-refractivity contribution < 1.29 is 14.4 Å². The highest BCUT2D eigenvalue weighted by molar-refractivity contribution is 5.87. The van der Waals surface area contributed by atoms with E-state index >= 15 is 0 Å². The van der Waals surface area contributed by atoms with Crippen molar-refractivity contribution in [2.24, 2.45) is 23.2 Å². The minimum atomic E-state index is -0.213. The smallest absolute Gasteiger partial charge is 0.239 e. The van der Waals surface area contributed by atoms with Crippen LogP contribution in [-0.2, 0) is 20.9 Å². The molecule has 7 nitrogen and oxygen atoms in total. The molecule has 0 spiro atoms. The maximum absolute atomic E-state index is 12.5. The van der Waals surface area contributed by atoms with E-state index in [0.717, 1.165) is 23.3 Å². The normalized spacial score (nSPS) is 29.3. The fourth-order valence-electron chi connectivity index (χ4n) is 6.13. The van der Waals surface area contributed by atoms with Crippen molar-refractivity contribution in [1.82, 2.24) is 15.6 Å². The standard InChI is InChI=1S/C22H30N4O3/c1-14(27)26-19-3-2-15(11-23-19)12-24-21(29)13-25-20(28)10-22-7-16-4-17(8-22)6-18(5-16)9-22/h2-3,11,16-18H,4-10,12-13H2,1H3,(H,24,29)(H,25,28)(H,23,26,27). The Morgan fingerprint density at radius 1 is 1.00 bits per heavy atom. The summed E-state index contributed by atoms with van der Waals surface area (Å²) in [4.78, 5) is 39.7. The van der Waals surface area contributed by atoms with Crippen molar-refractivity contribution in [3.05, 3.63) is 23.9 Å². The lowest BCUT2D eigenvalue weighted by Crippen LogP contribution is -2.48. The van der Waals surface area contributed by atoms with Gasteiger partial charge in [0, 0.05) is 26.1 Å². The third kappa shape index (κ3) is 4.95. The lowest BCUT2D eigenvalue weighted by molar-refractivity contribution is -0.132. The van der Waals surface area contributed by atoms with Crippen LogP contribution in [0.1, 0.15) is 57.4 Å². The maximum Gasteiger partial charge on any atom is 0.239 e. The second-order valence-electron chi connectivity index (χ2n) is 9.38. The fraction of sp³-hybridized carbons (Fsp3) is 0.636. The lowest BCUT2D eigenvalue weighted by atomic mass is 9.49. The summed E-state index contributed by atoms with van der Waals surface area (Å²) < 4.78 is 0. The van der Waals surface area contributed by atoms with Crippen molar-refractivity contribution in [2.75, 3.05) is 11.9 Å². The number of rotatable bonds is 7. The molecule has 156 valence electrons. The van der Waals surface area contributed by atoms with E-state index in [1.807, 2.05) is 0 Å². The highest BCUT2D eigenvalue weighted by Gasteiger charge is 2.51. The molecule has 4 bridgehead atoms. The topological polar surface area (TPSA) is 100 Å². The van der Waals surface area contributed by atoms with Gasteiger partial charge in [0.1, 0.15) is 5.82 Å². The maximum atomic E-state index is 12.5. The van der Waals surface area contributed by atoms with Crippen LogP contribution in [0.4, 0.5) is 5.82 Å². The van der Waals surface area contributed by atoms with Crippen LogP contribution in [-0.4, -0.2) is 29.3 Å². The monoisotopic (exact) mass is 398 g/mol. The van der Waals surface area contributed by atoms with Gasteiger partial charge in [-0.15, -0.1) is 0 Å². The summed E-state index contributed by atoms with van der Waals surface area (Å²) in [6.07, 6.45) is 9.85. The Balaban J connectivity index is 1.19. The van der Waals surface area contributed by atoms with Gasteiger partial charge in [0.2, 0.25) is 17.7 Å². The summed E-state index contributed by atoms with van der Waals surface area (Å²) in [6.45, 7) is 1.76. The molecule has 3 N–H and O–H groups in total. The van der Waals surface area contributed by atoms with Crippen LogP contribution in [0.5, 0.6) is 0 Å². The molecule has 7 heteroatoms. The molecule has 4 aliphatic rings. The van der Waals surface area contributed by atoms with E-state index in [0.29, 0.717) is 18.8 Å². The first kappa shape index (κ1) is 19.9. The molecule has 1 aromatic heterocycles. The third-order valence-corrected chi connectivity index (χ3v) is 6.77. The average molecular weight is 399 g/mol. The van der Waals surface area contributed by atoms with Gasteiger partial charge >= 0.3 is 0 Å². The van der Waals surface area contributed by atoms with Crippen molar-refractivity contribution >= 4 is 23.5 Å². The molecule has 4 saturated carbocycles. The van der Waals surface area contributed by atoms with Crippen LogP contribution < -0.4 is 16.0 Å². The predicted octanol–water partition coefficient (Wildman–Crippen LogP) is 2.38. The number of hydrogen-bond acceptors (Lipinski definition) is 4. The number of nitrogens with zero attached hydrogens (tertiary/aromatic N) is 1. The van der Waals surface area contributed by atoms with Gasteiger partial charge in [-0.3, -0.25) is 14.4 Å². The molecule has 0 unspecified atom stereocenters. The quantitative estimate of drug-likeness (QED) is 0.656. The van der Waals surface area contributed by atoms with Crippen LogP contribution in [0.3, 0.4) is 0 Å². The van der Waals surface area contributed by atoms with E-state index in [4.69, 9.17) is 0 Å². The predicted molar refractivity (Wildman–Crippen MR) is 109 cm³/mol. The van der Waals surface area contributed by atoms with E-state index in [9.17, 15) is 14.4 Å². The number of pyridine rings is 1. The van der Waals surface area contributed by atoms with Crippen LogP contribution in [0, 0.1) is 23.2 Å². The minimum Gasteiger partial charge on any atom is -0.350 e. The van der Waals surface area contributed by atoms with E-state index in [-0.39, 0.29) is 29.7 Å². The molecule has 0 aliphatic heterocycles. The molecule has 1 heterocycles. The second kappa shape index (κ2) is 8.13. The van der Waals surface area contributed by atoms with Gasteiger partial charge < -0.3 is 16.0 Å². The number of amides is 3. The van der Waals surface area contributed by atoms with E-state index < -0.39 is 0 Å². The molecule has 1 aromatic rings. The first-order valence-electron chi connectivity index (χ1n) is 10.6. The fourth-order valence-corrected chi connectivity index (χ4v) is 6.13. The van der Waals surface area contributed by atoms with Gasteiger partial charge in [0.05, 0.1) is 6.54 Å². The highest BCUT2D eigenvalue weighted by Crippen LogP contribution is 2.61. The van der Waals surface area contributed by atoms with E-state index in [1.54, 1.807) is 18.3 Å². The summed E-state index contributed by atoms with van der Waals surface area (Å²) in [7, 11) is 0. The van der Waals surface area contributed by atoms with Crippen molar-refractivity contribution in [3.63, 3.8) is 0 Å². The number of nitrogens with one attached hydrogen (secondary N) is 3. The summed E-state index contributed by atoms with van der Waals surface area (Å²) >= 11 is 0. The summed E-state index contributed by atoms with van der Waals surface area (Å²) in [6, 6.07) is 3.49. The molecular weight excluding hydrogens is 368 g/mol. The Kier molecular flexibility index (Phi) is 5.56. The zero-order valence-electron chi connectivity index (χ0n) is 17.0. The Morgan fingerprint density at radius 2 is 1.66 bits per heavy atom. The summed E-state index contributed by atoms with van der Waals surface area (Å²) in [5, 5.41) is 8.20. The Morgan fingerprint density at radius 3 is 2.21 bits per heavy atom. The molecule has 0 radical (unpaired) electrons. The van der Waals surface area contributed by atoms with Gasteiger partial charge in [-0.2, -0.15) is 0 Å². The largest absolute Gasteiger partial charge is 0.350 e. The first-order valence-corrected chi connectivity index (χ1v) is 10.6. The van der Waals surface area contributed by atoms with Crippen LogP contribution >= 0.6 is 0 Å². The Bertz CT molecular complexity index is 754. The van der Waals surface area contributed by atoms with Crippen molar-refractivity contribution in [1.29, 1.82) is 0 Å². The summed E-state index contributed by atoms with van der Waals surface area (Å²) in [5.41, 5.74) is 1.02. The highest BCUT2D eigenvalue weighted by atomic mass is 16.2. The second-order valence-corrected chi connectivity index (χ2v) is 9.38. The molecule has 4 aliphatic carbocycles. The van der Waals surface area contributed by atoms with E-state index in [2.05, 4.69) is 20.9 Å². The zero-order valence-corrected chi connectivity index (χ0v) is 17.0. The van der Waals surface area contributed by atoms with Crippen LogP contribution in [0.15, 0.2) is 18.3 Å². The molecule has 0 aromatic carbocycles. The minimum absolute atomic E-state index is 0.00258. The lowest BCUT2D eigenvalue weighted by Gasteiger charge is -2.56. The Labute approximate surface area is 171 Å².